The lowest BCUT2D eigenvalue weighted by Crippen LogP contribution is -2.14. The number of halogens is 2. The van der Waals surface area contributed by atoms with Crippen molar-refractivity contribution in [2.45, 2.75) is 18.9 Å². The van der Waals surface area contributed by atoms with Crippen LogP contribution in [0.4, 0.5) is 0 Å². The van der Waals surface area contributed by atoms with E-state index in [2.05, 4.69) is 20.9 Å². The van der Waals surface area contributed by atoms with Crippen molar-refractivity contribution in [3.05, 3.63) is 27.5 Å². The van der Waals surface area contributed by atoms with Gasteiger partial charge in [0.15, 0.2) is 0 Å². The topological polar surface area (TPSA) is 38.9 Å². The molecular formula is C9H10BrClN2. The van der Waals surface area contributed by atoms with Gasteiger partial charge < -0.3 is 5.73 Å². The molecule has 13 heavy (non-hydrogen) atoms. The Morgan fingerprint density at radius 1 is 1.62 bits per heavy atom. The molecular weight excluding hydrogens is 251 g/mol. The number of hydrogen-bond acceptors (Lipinski definition) is 2. The zero-order valence-electron chi connectivity index (χ0n) is 7.00. The zero-order chi connectivity index (χ0) is 9.42. The molecule has 1 aliphatic rings. The summed E-state index contributed by atoms with van der Waals surface area (Å²) in [5, 5.41) is 0.661. The first-order valence-electron chi connectivity index (χ1n) is 4.25. The summed E-state index contributed by atoms with van der Waals surface area (Å²) in [7, 11) is 0. The van der Waals surface area contributed by atoms with Crippen LogP contribution >= 0.6 is 27.5 Å². The number of pyridine rings is 1. The number of nitrogens with two attached hydrogens (primary N) is 1. The Balaban J connectivity index is 2.28. The van der Waals surface area contributed by atoms with E-state index in [4.69, 9.17) is 17.3 Å². The summed E-state index contributed by atoms with van der Waals surface area (Å²) in [6.07, 6.45) is 4.15. The molecule has 0 spiro atoms. The Kier molecular flexibility index (Phi) is 2.58. The van der Waals surface area contributed by atoms with Crippen LogP contribution in [0, 0.1) is 5.92 Å². The van der Waals surface area contributed by atoms with E-state index in [0.29, 0.717) is 10.9 Å². The Labute approximate surface area is 90.6 Å². The van der Waals surface area contributed by atoms with Gasteiger partial charge in [0, 0.05) is 10.7 Å². The van der Waals surface area contributed by atoms with E-state index >= 15 is 0 Å². The van der Waals surface area contributed by atoms with E-state index in [9.17, 15) is 0 Å². The van der Waals surface area contributed by atoms with Crippen LogP contribution in [0.1, 0.15) is 24.6 Å². The van der Waals surface area contributed by atoms with Gasteiger partial charge in [0.05, 0.1) is 16.8 Å². The minimum Gasteiger partial charge on any atom is -0.322 e. The molecule has 1 atom stereocenters. The van der Waals surface area contributed by atoms with Crippen LogP contribution in [0.15, 0.2) is 16.7 Å². The van der Waals surface area contributed by atoms with Crippen LogP contribution in [-0.2, 0) is 0 Å². The van der Waals surface area contributed by atoms with Crippen LogP contribution in [0.3, 0.4) is 0 Å². The van der Waals surface area contributed by atoms with Crippen LogP contribution < -0.4 is 5.73 Å². The van der Waals surface area contributed by atoms with Crippen LogP contribution in [0.5, 0.6) is 0 Å². The molecule has 1 fully saturated rings. The Hall–Kier alpha value is -0.120. The average Bonchev–Trinajstić information content (AvgIpc) is 2.85. The molecule has 1 aromatic heterocycles. The predicted octanol–water partition coefficient (Wildman–Crippen LogP) is 2.91. The predicted molar refractivity (Wildman–Crippen MR) is 56.6 cm³/mol. The molecule has 1 saturated carbocycles. The molecule has 0 unspecified atom stereocenters. The summed E-state index contributed by atoms with van der Waals surface area (Å²) in [6, 6.07) is 1.85. The van der Waals surface area contributed by atoms with Gasteiger partial charge in [-0.15, -0.1) is 0 Å². The summed E-state index contributed by atoms with van der Waals surface area (Å²) in [5.41, 5.74) is 6.82. The molecule has 1 aromatic rings. The van der Waals surface area contributed by atoms with E-state index in [1.165, 1.54) is 12.8 Å². The molecule has 0 saturated heterocycles. The van der Waals surface area contributed by atoms with Crippen molar-refractivity contribution in [1.29, 1.82) is 0 Å². The standard InChI is InChI=1S/C9H10BrClN2/c10-6-3-7(11)9(13-4-6)8(12)5-1-2-5/h3-5,8H,1-2,12H2/t8-/m1/s1. The van der Waals surface area contributed by atoms with Crippen molar-refractivity contribution in [2.24, 2.45) is 11.7 Å². The van der Waals surface area contributed by atoms with Gasteiger partial charge in [-0.2, -0.15) is 0 Å². The average molecular weight is 262 g/mol. The molecule has 0 aromatic carbocycles. The third-order valence-corrected chi connectivity index (χ3v) is 3.02. The van der Waals surface area contributed by atoms with E-state index in [-0.39, 0.29) is 6.04 Å². The minimum atomic E-state index is 0.0144. The van der Waals surface area contributed by atoms with Crippen molar-refractivity contribution in [1.82, 2.24) is 4.98 Å². The first kappa shape index (κ1) is 9.44. The first-order chi connectivity index (χ1) is 6.18. The zero-order valence-corrected chi connectivity index (χ0v) is 9.35. The van der Waals surface area contributed by atoms with E-state index < -0.39 is 0 Å². The largest absolute Gasteiger partial charge is 0.322 e. The molecule has 0 aliphatic heterocycles. The normalized spacial score (nSPS) is 18.7. The third kappa shape index (κ3) is 2.03. The maximum atomic E-state index is 6.02. The number of hydrogen-bond donors (Lipinski definition) is 1. The third-order valence-electron chi connectivity index (χ3n) is 2.28. The fourth-order valence-electron chi connectivity index (χ4n) is 1.35. The van der Waals surface area contributed by atoms with Gasteiger partial charge in [0.1, 0.15) is 0 Å². The number of nitrogens with zero attached hydrogens (tertiary/aromatic N) is 1. The van der Waals surface area contributed by atoms with Gasteiger partial charge in [-0.05, 0) is 40.8 Å². The second-order valence-corrected chi connectivity index (χ2v) is 4.71. The second kappa shape index (κ2) is 3.56. The Morgan fingerprint density at radius 3 is 2.85 bits per heavy atom. The van der Waals surface area contributed by atoms with Crippen LogP contribution in [0.2, 0.25) is 5.02 Å². The summed E-state index contributed by atoms with van der Waals surface area (Å²) in [4.78, 5) is 4.24. The molecule has 70 valence electrons. The van der Waals surface area contributed by atoms with Crippen molar-refractivity contribution in [3.63, 3.8) is 0 Å². The molecule has 2 rings (SSSR count). The molecule has 1 aliphatic carbocycles. The van der Waals surface area contributed by atoms with Gasteiger partial charge in [-0.1, -0.05) is 11.6 Å². The molecule has 0 bridgehead atoms. The molecule has 0 radical (unpaired) electrons. The lowest BCUT2D eigenvalue weighted by atomic mass is 10.1. The van der Waals surface area contributed by atoms with Gasteiger partial charge in [-0.25, -0.2) is 0 Å². The Bertz CT molecular complexity index is 325. The fraction of sp³-hybridized carbons (Fsp3) is 0.444. The van der Waals surface area contributed by atoms with Gasteiger partial charge in [-0.3, -0.25) is 4.98 Å². The summed E-state index contributed by atoms with van der Waals surface area (Å²) < 4.78 is 0.893. The highest BCUT2D eigenvalue weighted by Gasteiger charge is 2.31. The monoisotopic (exact) mass is 260 g/mol. The van der Waals surface area contributed by atoms with Crippen molar-refractivity contribution in [3.8, 4) is 0 Å². The van der Waals surface area contributed by atoms with Gasteiger partial charge in [0.25, 0.3) is 0 Å². The van der Waals surface area contributed by atoms with Crippen molar-refractivity contribution >= 4 is 27.5 Å². The van der Waals surface area contributed by atoms with Crippen LogP contribution in [-0.4, -0.2) is 4.98 Å². The molecule has 2 N–H and O–H groups in total. The van der Waals surface area contributed by atoms with Crippen molar-refractivity contribution < 1.29 is 0 Å². The minimum absolute atomic E-state index is 0.0144. The van der Waals surface area contributed by atoms with E-state index in [0.717, 1.165) is 10.2 Å². The lowest BCUT2D eigenvalue weighted by molar-refractivity contribution is 0.615. The first-order valence-corrected chi connectivity index (χ1v) is 5.42. The lowest BCUT2D eigenvalue weighted by Gasteiger charge is -2.10. The number of aromatic nitrogens is 1. The highest BCUT2D eigenvalue weighted by molar-refractivity contribution is 9.10. The quantitative estimate of drug-likeness (QED) is 0.889. The van der Waals surface area contributed by atoms with Crippen LogP contribution in [0.25, 0.3) is 0 Å². The highest BCUT2D eigenvalue weighted by Crippen LogP contribution is 2.40. The maximum Gasteiger partial charge on any atom is 0.0760 e. The van der Waals surface area contributed by atoms with E-state index in [1.54, 1.807) is 6.20 Å². The Morgan fingerprint density at radius 2 is 2.31 bits per heavy atom. The number of rotatable bonds is 2. The SMILES string of the molecule is N[C@@H](c1ncc(Br)cc1Cl)C1CC1. The van der Waals surface area contributed by atoms with Gasteiger partial charge in [0.2, 0.25) is 0 Å². The van der Waals surface area contributed by atoms with E-state index in [1.807, 2.05) is 6.07 Å². The molecule has 4 heteroatoms. The molecule has 2 nitrogen and oxygen atoms in total. The summed E-state index contributed by atoms with van der Waals surface area (Å²) >= 11 is 9.33. The fourth-order valence-corrected chi connectivity index (χ4v) is 2.10. The smallest absolute Gasteiger partial charge is 0.0760 e. The second-order valence-electron chi connectivity index (χ2n) is 3.38. The van der Waals surface area contributed by atoms with Gasteiger partial charge >= 0.3 is 0 Å². The summed E-state index contributed by atoms with van der Waals surface area (Å²) in [5.74, 6) is 0.589. The van der Waals surface area contributed by atoms with Crippen molar-refractivity contribution in [2.75, 3.05) is 0 Å². The summed E-state index contributed by atoms with van der Waals surface area (Å²) in [6.45, 7) is 0. The molecule has 0 amide bonds. The maximum absolute atomic E-state index is 6.02. The highest BCUT2D eigenvalue weighted by atomic mass is 79.9. The molecule has 1 heterocycles.